The van der Waals surface area contributed by atoms with E-state index in [1.807, 2.05) is 20.8 Å². The molecule has 0 aliphatic heterocycles. The summed E-state index contributed by atoms with van der Waals surface area (Å²) in [5.74, 6) is -0.840. The summed E-state index contributed by atoms with van der Waals surface area (Å²) in [6.07, 6.45) is 1.05. The first-order chi connectivity index (χ1) is 18.6. The molecule has 0 heterocycles. The second-order valence-corrected chi connectivity index (χ2v) is 11.8. The molecule has 3 aromatic rings. The van der Waals surface area contributed by atoms with E-state index in [1.54, 1.807) is 66.7 Å². The van der Waals surface area contributed by atoms with Gasteiger partial charge in [0.25, 0.3) is 10.0 Å². The zero-order valence-corrected chi connectivity index (χ0v) is 24.5. The molecule has 3 rings (SSSR count). The minimum Gasteiger partial charge on any atom is -0.352 e. The van der Waals surface area contributed by atoms with Crippen molar-refractivity contribution < 1.29 is 18.0 Å². The van der Waals surface area contributed by atoms with Crippen LogP contribution in [0.3, 0.4) is 0 Å². The van der Waals surface area contributed by atoms with E-state index in [0.29, 0.717) is 27.7 Å². The Morgan fingerprint density at radius 1 is 0.872 bits per heavy atom. The van der Waals surface area contributed by atoms with Crippen LogP contribution >= 0.6 is 23.2 Å². The summed E-state index contributed by atoms with van der Waals surface area (Å²) in [5, 5.41) is 3.63. The van der Waals surface area contributed by atoms with Gasteiger partial charge in [0.1, 0.15) is 12.6 Å². The average Bonchev–Trinajstić information content (AvgIpc) is 2.94. The second-order valence-electron chi connectivity index (χ2n) is 9.17. The molecule has 0 spiro atoms. The predicted octanol–water partition coefficient (Wildman–Crippen LogP) is 5.91. The number of halogens is 2. The van der Waals surface area contributed by atoms with Gasteiger partial charge in [0, 0.05) is 12.6 Å². The molecule has 10 heteroatoms. The van der Waals surface area contributed by atoms with E-state index in [1.165, 1.54) is 17.0 Å². The number of carbonyl (C=O) groups is 2. The standard InChI is InChI=1S/C29H33Cl2N3O4S/c1-4-21(3)32-29(36)27(5-2)33(19-22-16-17-25(30)26(31)18-22)28(35)20-34(23-12-8-6-9-13-23)39(37,38)24-14-10-7-11-15-24/h6-18,21,27H,4-5,19-20H2,1-3H3,(H,32,36)/t21-,27+/m1/s1. The molecule has 0 unspecified atom stereocenters. The van der Waals surface area contributed by atoms with E-state index in [-0.39, 0.29) is 23.4 Å². The molecule has 3 aromatic carbocycles. The van der Waals surface area contributed by atoms with Crippen LogP contribution in [0.25, 0.3) is 0 Å². The van der Waals surface area contributed by atoms with Crippen LogP contribution in [0.1, 0.15) is 39.2 Å². The van der Waals surface area contributed by atoms with Crippen LogP contribution in [-0.2, 0) is 26.2 Å². The van der Waals surface area contributed by atoms with Gasteiger partial charge in [-0.2, -0.15) is 0 Å². The van der Waals surface area contributed by atoms with E-state index in [2.05, 4.69) is 5.32 Å². The summed E-state index contributed by atoms with van der Waals surface area (Å²) in [6, 6.07) is 20.4. The highest BCUT2D eigenvalue weighted by Gasteiger charge is 2.34. The third-order valence-corrected chi connectivity index (χ3v) is 8.91. The summed E-state index contributed by atoms with van der Waals surface area (Å²) in [6.45, 7) is 5.19. The molecule has 0 saturated heterocycles. The van der Waals surface area contributed by atoms with E-state index in [9.17, 15) is 18.0 Å². The molecular weight excluding hydrogens is 557 g/mol. The maximum atomic E-state index is 14.0. The minimum absolute atomic E-state index is 0.0379. The number of nitrogens with one attached hydrogen (secondary N) is 1. The zero-order valence-electron chi connectivity index (χ0n) is 22.2. The lowest BCUT2D eigenvalue weighted by Crippen LogP contribution is -2.53. The second kappa shape index (κ2) is 13.8. The number of benzene rings is 3. The van der Waals surface area contributed by atoms with Crippen LogP contribution in [-0.4, -0.2) is 43.8 Å². The fraction of sp³-hybridized carbons (Fsp3) is 0.310. The highest BCUT2D eigenvalue weighted by Crippen LogP contribution is 2.26. The Balaban J connectivity index is 2.04. The number of para-hydroxylation sites is 1. The SMILES string of the molecule is CC[C@@H](C)NC(=O)[C@H](CC)N(Cc1ccc(Cl)c(Cl)c1)C(=O)CN(c1ccccc1)S(=O)(=O)c1ccccc1. The van der Waals surface area contributed by atoms with Gasteiger partial charge in [-0.15, -0.1) is 0 Å². The molecule has 0 saturated carbocycles. The van der Waals surface area contributed by atoms with Gasteiger partial charge in [-0.05, 0) is 61.7 Å². The van der Waals surface area contributed by atoms with Gasteiger partial charge >= 0.3 is 0 Å². The largest absolute Gasteiger partial charge is 0.352 e. The van der Waals surface area contributed by atoms with Crippen molar-refractivity contribution in [3.8, 4) is 0 Å². The number of anilines is 1. The predicted molar refractivity (Wildman–Crippen MR) is 156 cm³/mol. The maximum Gasteiger partial charge on any atom is 0.264 e. The topological polar surface area (TPSA) is 86.8 Å². The third-order valence-electron chi connectivity index (χ3n) is 6.38. The van der Waals surface area contributed by atoms with Crippen LogP contribution in [0.4, 0.5) is 5.69 Å². The molecule has 208 valence electrons. The quantitative estimate of drug-likeness (QED) is 0.284. The Hall–Kier alpha value is -3.07. The Labute approximate surface area is 240 Å². The monoisotopic (exact) mass is 589 g/mol. The van der Waals surface area contributed by atoms with Crippen molar-refractivity contribution in [3.05, 3.63) is 94.5 Å². The van der Waals surface area contributed by atoms with Crippen LogP contribution < -0.4 is 9.62 Å². The number of carbonyl (C=O) groups excluding carboxylic acids is 2. The van der Waals surface area contributed by atoms with E-state index < -0.39 is 28.5 Å². The molecule has 0 aliphatic carbocycles. The lowest BCUT2D eigenvalue weighted by molar-refractivity contribution is -0.140. The van der Waals surface area contributed by atoms with E-state index in [4.69, 9.17) is 23.2 Å². The van der Waals surface area contributed by atoms with Crippen molar-refractivity contribution >= 4 is 50.7 Å². The normalized spacial score (nSPS) is 12.8. The number of amides is 2. The van der Waals surface area contributed by atoms with Gasteiger partial charge in [-0.3, -0.25) is 13.9 Å². The molecule has 7 nitrogen and oxygen atoms in total. The van der Waals surface area contributed by atoms with Crippen molar-refractivity contribution in [2.75, 3.05) is 10.8 Å². The summed E-state index contributed by atoms with van der Waals surface area (Å²) in [7, 11) is -4.10. The van der Waals surface area contributed by atoms with Gasteiger partial charge in [-0.25, -0.2) is 8.42 Å². The number of sulfonamides is 1. The molecule has 1 N–H and O–H groups in total. The van der Waals surface area contributed by atoms with Crippen molar-refractivity contribution in [1.29, 1.82) is 0 Å². The summed E-state index contributed by atoms with van der Waals surface area (Å²) in [4.78, 5) is 28.8. The van der Waals surface area contributed by atoms with Crippen molar-refractivity contribution in [2.45, 2.75) is 57.1 Å². The van der Waals surface area contributed by atoms with E-state index in [0.717, 1.165) is 10.7 Å². The first-order valence-electron chi connectivity index (χ1n) is 12.7. The number of nitrogens with zero attached hydrogens (tertiary/aromatic N) is 2. The third kappa shape index (κ3) is 7.75. The van der Waals surface area contributed by atoms with Crippen molar-refractivity contribution in [2.24, 2.45) is 0 Å². The number of rotatable bonds is 12. The molecule has 0 aliphatic rings. The highest BCUT2D eigenvalue weighted by atomic mass is 35.5. The lowest BCUT2D eigenvalue weighted by Gasteiger charge is -2.33. The van der Waals surface area contributed by atoms with Crippen molar-refractivity contribution in [3.63, 3.8) is 0 Å². The number of hydrogen-bond donors (Lipinski definition) is 1. The van der Waals surface area contributed by atoms with Gasteiger partial charge in [0.2, 0.25) is 11.8 Å². The van der Waals surface area contributed by atoms with Gasteiger partial charge in [-0.1, -0.05) is 79.5 Å². The van der Waals surface area contributed by atoms with Crippen LogP contribution in [0, 0.1) is 0 Å². The Morgan fingerprint density at radius 2 is 1.49 bits per heavy atom. The summed E-state index contributed by atoms with van der Waals surface area (Å²) >= 11 is 12.3. The van der Waals surface area contributed by atoms with Gasteiger partial charge < -0.3 is 10.2 Å². The van der Waals surface area contributed by atoms with Crippen LogP contribution in [0.2, 0.25) is 10.0 Å². The zero-order chi connectivity index (χ0) is 28.6. The van der Waals surface area contributed by atoms with Crippen molar-refractivity contribution in [1.82, 2.24) is 10.2 Å². The first-order valence-corrected chi connectivity index (χ1v) is 14.9. The Bertz CT molecular complexity index is 1370. The molecule has 0 bridgehead atoms. The van der Waals surface area contributed by atoms with Crippen LogP contribution in [0.15, 0.2) is 83.8 Å². The lowest BCUT2D eigenvalue weighted by atomic mass is 10.1. The molecule has 0 aromatic heterocycles. The molecule has 0 radical (unpaired) electrons. The smallest absolute Gasteiger partial charge is 0.264 e. The maximum absolute atomic E-state index is 14.0. The van der Waals surface area contributed by atoms with E-state index >= 15 is 0 Å². The Morgan fingerprint density at radius 3 is 2.05 bits per heavy atom. The summed E-state index contributed by atoms with van der Waals surface area (Å²) in [5.41, 5.74) is 0.992. The van der Waals surface area contributed by atoms with Gasteiger partial charge in [0.05, 0.1) is 20.6 Å². The van der Waals surface area contributed by atoms with Gasteiger partial charge in [0.15, 0.2) is 0 Å². The van der Waals surface area contributed by atoms with Crippen LogP contribution in [0.5, 0.6) is 0 Å². The minimum atomic E-state index is -4.10. The Kier molecular flexibility index (Phi) is 10.8. The molecule has 2 atom stereocenters. The molecule has 2 amide bonds. The molecule has 39 heavy (non-hydrogen) atoms. The fourth-order valence-electron chi connectivity index (χ4n) is 4.04. The number of hydrogen-bond acceptors (Lipinski definition) is 4. The fourth-order valence-corrected chi connectivity index (χ4v) is 5.79. The average molecular weight is 591 g/mol. The first kappa shape index (κ1) is 30.5. The summed E-state index contributed by atoms with van der Waals surface area (Å²) < 4.78 is 28.5. The highest BCUT2D eigenvalue weighted by molar-refractivity contribution is 7.92. The molecular formula is C29H33Cl2N3O4S. The molecule has 0 fully saturated rings.